The van der Waals surface area contributed by atoms with Gasteiger partial charge in [0, 0.05) is 10.5 Å². The average Bonchev–Trinajstić information content (AvgIpc) is 2.91. The van der Waals surface area contributed by atoms with E-state index < -0.39 is 0 Å². The van der Waals surface area contributed by atoms with E-state index in [4.69, 9.17) is 4.74 Å². The highest BCUT2D eigenvalue weighted by molar-refractivity contribution is 7.99. The van der Waals surface area contributed by atoms with E-state index in [2.05, 4.69) is 13.8 Å². The Morgan fingerprint density at radius 2 is 1.25 bits per heavy atom. The fourth-order valence-corrected chi connectivity index (χ4v) is 4.96. The van der Waals surface area contributed by atoms with Crippen LogP contribution in [0.15, 0.2) is 59.5 Å². The van der Waals surface area contributed by atoms with Crippen molar-refractivity contribution in [2.75, 3.05) is 12.4 Å². The third-order valence-corrected chi connectivity index (χ3v) is 7.65. The maximum atomic E-state index is 12.5. The van der Waals surface area contributed by atoms with Crippen molar-refractivity contribution in [1.29, 1.82) is 0 Å². The summed E-state index contributed by atoms with van der Waals surface area (Å²) in [5, 5.41) is 0. The molecule has 0 atom stereocenters. The Morgan fingerprint density at radius 3 is 1.81 bits per heavy atom. The minimum absolute atomic E-state index is 0.0322. The molecular weight excluding hydrogens is 460 g/mol. The summed E-state index contributed by atoms with van der Waals surface area (Å²) < 4.78 is 5.90. The number of benzene rings is 2. The van der Waals surface area contributed by atoms with Crippen molar-refractivity contribution in [3.8, 4) is 5.75 Å². The summed E-state index contributed by atoms with van der Waals surface area (Å²) in [7, 11) is 0. The van der Waals surface area contributed by atoms with Crippen LogP contribution in [0.3, 0.4) is 0 Å². The monoisotopic (exact) mass is 508 g/mol. The van der Waals surface area contributed by atoms with Crippen LogP contribution in [-0.4, -0.2) is 18.1 Å². The van der Waals surface area contributed by atoms with Gasteiger partial charge in [0.05, 0.1) is 6.61 Å². The SMILES string of the molecule is CCCCCCCCCCCCCCCOc1ccc(C=CC(=O)c2ccc(SCCC)cc2)cc1. The number of allylic oxidation sites excluding steroid dienone is 1. The summed E-state index contributed by atoms with van der Waals surface area (Å²) >= 11 is 1.83. The lowest BCUT2D eigenvalue weighted by Gasteiger charge is -2.07. The molecular formula is C33H48O2S. The molecule has 0 N–H and O–H groups in total. The van der Waals surface area contributed by atoms with Gasteiger partial charge in [-0.1, -0.05) is 109 Å². The molecule has 2 rings (SSSR count). The van der Waals surface area contributed by atoms with Gasteiger partial charge in [-0.25, -0.2) is 0 Å². The molecule has 0 spiro atoms. The van der Waals surface area contributed by atoms with Gasteiger partial charge in [0.2, 0.25) is 0 Å². The van der Waals surface area contributed by atoms with Gasteiger partial charge >= 0.3 is 0 Å². The van der Waals surface area contributed by atoms with Gasteiger partial charge in [-0.05, 0) is 66.6 Å². The van der Waals surface area contributed by atoms with Crippen LogP contribution < -0.4 is 4.74 Å². The second-order valence-corrected chi connectivity index (χ2v) is 10.9. The van der Waals surface area contributed by atoms with E-state index in [1.807, 2.05) is 66.4 Å². The maximum absolute atomic E-state index is 12.5. The number of unbranched alkanes of at least 4 members (excludes halogenated alkanes) is 12. The zero-order chi connectivity index (χ0) is 25.7. The van der Waals surface area contributed by atoms with Crippen LogP contribution in [0, 0.1) is 0 Å². The topological polar surface area (TPSA) is 26.3 Å². The van der Waals surface area contributed by atoms with Crippen molar-refractivity contribution in [3.05, 3.63) is 65.7 Å². The molecule has 0 saturated heterocycles. The molecule has 198 valence electrons. The van der Waals surface area contributed by atoms with Gasteiger partial charge in [-0.2, -0.15) is 0 Å². The lowest BCUT2D eigenvalue weighted by Crippen LogP contribution is -1.97. The normalized spacial score (nSPS) is 11.3. The fraction of sp³-hybridized carbons (Fsp3) is 0.545. The average molecular weight is 509 g/mol. The highest BCUT2D eigenvalue weighted by Gasteiger charge is 2.02. The molecule has 0 radical (unpaired) electrons. The quantitative estimate of drug-likeness (QED) is 0.0726. The predicted octanol–water partition coefficient (Wildman–Crippen LogP) is 10.6. The van der Waals surface area contributed by atoms with Crippen LogP contribution in [0.1, 0.15) is 120 Å². The lowest BCUT2D eigenvalue weighted by molar-refractivity contribution is 0.104. The highest BCUT2D eigenvalue weighted by atomic mass is 32.2. The molecule has 2 aromatic rings. The molecule has 0 aliphatic heterocycles. The summed E-state index contributed by atoms with van der Waals surface area (Å²) in [6.45, 7) is 5.23. The van der Waals surface area contributed by atoms with E-state index in [0.717, 1.165) is 42.1 Å². The van der Waals surface area contributed by atoms with Crippen molar-refractivity contribution in [3.63, 3.8) is 0 Å². The standard InChI is InChI=1S/C33H48O2S/c1-3-5-6-7-8-9-10-11-12-13-14-15-16-27-35-31-22-17-29(18-23-31)19-26-33(34)30-20-24-32(25-21-30)36-28-4-2/h17-26H,3-16,27-28H2,1-2H3. The smallest absolute Gasteiger partial charge is 0.185 e. The lowest BCUT2D eigenvalue weighted by atomic mass is 10.0. The van der Waals surface area contributed by atoms with Crippen LogP contribution in [-0.2, 0) is 0 Å². The Bertz CT molecular complexity index is 839. The van der Waals surface area contributed by atoms with Crippen molar-refractivity contribution >= 4 is 23.6 Å². The molecule has 0 unspecified atom stereocenters. The maximum Gasteiger partial charge on any atom is 0.185 e. The first-order chi connectivity index (χ1) is 17.7. The minimum atomic E-state index is 0.0322. The molecule has 0 aliphatic carbocycles. The summed E-state index contributed by atoms with van der Waals surface area (Å²) in [5.74, 6) is 2.04. The van der Waals surface area contributed by atoms with Gasteiger partial charge in [0.1, 0.15) is 5.75 Å². The number of carbonyl (C=O) groups is 1. The molecule has 3 heteroatoms. The number of thioether (sulfide) groups is 1. The van der Waals surface area contributed by atoms with Crippen molar-refractivity contribution < 1.29 is 9.53 Å². The first-order valence-electron chi connectivity index (χ1n) is 14.4. The van der Waals surface area contributed by atoms with E-state index in [-0.39, 0.29) is 5.78 Å². The zero-order valence-corrected chi connectivity index (χ0v) is 23.6. The van der Waals surface area contributed by atoms with Gasteiger partial charge in [-0.15, -0.1) is 11.8 Å². The Hall–Kier alpha value is -2.00. The zero-order valence-electron chi connectivity index (χ0n) is 22.8. The molecule has 0 bridgehead atoms. The Labute approximate surface area is 225 Å². The first kappa shape index (κ1) is 30.2. The highest BCUT2D eigenvalue weighted by Crippen LogP contribution is 2.20. The molecule has 36 heavy (non-hydrogen) atoms. The Balaban J connectivity index is 1.53. The number of rotatable bonds is 21. The van der Waals surface area contributed by atoms with Crippen molar-refractivity contribution in [1.82, 2.24) is 0 Å². The summed E-state index contributed by atoms with van der Waals surface area (Å²) in [6.07, 6.45) is 22.4. The van der Waals surface area contributed by atoms with Crippen LogP contribution >= 0.6 is 11.8 Å². The van der Waals surface area contributed by atoms with Gasteiger partial charge in [0.15, 0.2) is 5.78 Å². The van der Waals surface area contributed by atoms with Crippen molar-refractivity contribution in [2.24, 2.45) is 0 Å². The second kappa shape index (κ2) is 20.1. The molecule has 2 nitrogen and oxygen atoms in total. The van der Waals surface area contributed by atoms with Crippen LogP contribution in [0.25, 0.3) is 6.08 Å². The number of ether oxygens (including phenoxy) is 1. The first-order valence-corrected chi connectivity index (χ1v) is 15.4. The molecule has 0 heterocycles. The Kier molecular flexibility index (Phi) is 16.9. The Morgan fingerprint density at radius 1 is 0.694 bits per heavy atom. The second-order valence-electron chi connectivity index (χ2n) is 9.73. The molecule has 0 fully saturated rings. The molecule has 0 saturated carbocycles. The van der Waals surface area contributed by atoms with Gasteiger partial charge in [0.25, 0.3) is 0 Å². The number of hydrogen-bond donors (Lipinski definition) is 0. The van der Waals surface area contributed by atoms with Crippen LogP contribution in [0.5, 0.6) is 5.75 Å². The summed E-state index contributed by atoms with van der Waals surface area (Å²) in [5.41, 5.74) is 1.73. The molecule has 2 aromatic carbocycles. The van der Waals surface area contributed by atoms with E-state index in [1.165, 1.54) is 81.9 Å². The van der Waals surface area contributed by atoms with Crippen molar-refractivity contribution in [2.45, 2.75) is 109 Å². The van der Waals surface area contributed by atoms with E-state index >= 15 is 0 Å². The third-order valence-electron chi connectivity index (χ3n) is 6.44. The largest absolute Gasteiger partial charge is 0.494 e. The molecule has 0 amide bonds. The predicted molar refractivity (Wildman–Crippen MR) is 158 cm³/mol. The van der Waals surface area contributed by atoms with E-state index in [0.29, 0.717) is 0 Å². The number of ketones is 1. The van der Waals surface area contributed by atoms with E-state index in [9.17, 15) is 4.79 Å². The molecule has 0 aromatic heterocycles. The fourth-order valence-electron chi connectivity index (χ4n) is 4.19. The summed E-state index contributed by atoms with van der Waals surface area (Å²) in [6, 6.07) is 15.9. The number of carbonyl (C=O) groups excluding carboxylic acids is 1. The van der Waals surface area contributed by atoms with Crippen LogP contribution in [0.2, 0.25) is 0 Å². The molecule has 0 aliphatic rings. The van der Waals surface area contributed by atoms with Crippen LogP contribution in [0.4, 0.5) is 0 Å². The minimum Gasteiger partial charge on any atom is -0.494 e. The van der Waals surface area contributed by atoms with Gasteiger partial charge < -0.3 is 4.74 Å². The number of hydrogen-bond acceptors (Lipinski definition) is 3. The third kappa shape index (κ3) is 13.9. The summed E-state index contributed by atoms with van der Waals surface area (Å²) in [4.78, 5) is 13.7. The van der Waals surface area contributed by atoms with Gasteiger partial charge in [-0.3, -0.25) is 4.79 Å². The van der Waals surface area contributed by atoms with E-state index in [1.54, 1.807) is 6.08 Å².